The van der Waals surface area contributed by atoms with Gasteiger partial charge in [0.15, 0.2) is 0 Å². The highest BCUT2D eigenvalue weighted by Gasteiger charge is 2.15. The van der Waals surface area contributed by atoms with Crippen LogP contribution in [0.25, 0.3) is 0 Å². The predicted octanol–water partition coefficient (Wildman–Crippen LogP) is 11.0. The summed E-state index contributed by atoms with van der Waals surface area (Å²) in [4.78, 5) is 0. The molecular weight excluding hydrogens is 543 g/mol. The fourth-order valence-electron chi connectivity index (χ4n) is 5.79. The first kappa shape index (κ1) is 41.0. The molecule has 0 aliphatic heterocycles. The lowest BCUT2D eigenvalue weighted by Gasteiger charge is -2.10. The molecule has 0 N–H and O–H groups in total. The molecule has 0 aromatic rings. The number of hydrogen-bond acceptors (Lipinski definition) is 0. The zero-order valence-electron chi connectivity index (χ0n) is 27.5. The van der Waals surface area contributed by atoms with Gasteiger partial charge < -0.3 is 17.0 Å². The van der Waals surface area contributed by atoms with Gasteiger partial charge in [0.2, 0.25) is 0 Å². The van der Waals surface area contributed by atoms with Crippen LogP contribution in [0, 0.1) is 0 Å². The second kappa shape index (κ2) is 34.1. The van der Waals surface area contributed by atoms with E-state index >= 15 is 0 Å². The van der Waals surface area contributed by atoms with Gasteiger partial charge in [-0.3, -0.25) is 0 Å². The molecule has 0 aromatic carbocycles. The van der Waals surface area contributed by atoms with Crippen LogP contribution >= 0.6 is 7.26 Å². The zero-order chi connectivity index (χ0) is 27.1. The molecule has 0 aliphatic rings. The Bertz CT molecular complexity index is 403. The second-order valence-electron chi connectivity index (χ2n) is 13.6. The molecule has 2 heteroatoms. The van der Waals surface area contributed by atoms with E-state index in [9.17, 15) is 0 Å². The van der Waals surface area contributed by atoms with Gasteiger partial charge in [-0.2, -0.15) is 0 Å². The van der Waals surface area contributed by atoms with Gasteiger partial charge in [0.1, 0.15) is 0 Å². The summed E-state index contributed by atoms with van der Waals surface area (Å²) in [6.45, 7) is 9.75. The first-order valence-corrected chi connectivity index (χ1v) is 21.2. The molecule has 0 aromatic heterocycles. The summed E-state index contributed by atoms with van der Waals surface area (Å²) >= 11 is 0. The topological polar surface area (TPSA) is 0 Å². The first-order valence-electron chi connectivity index (χ1n) is 17.9. The second-order valence-corrected chi connectivity index (χ2v) is 18.6. The Balaban J connectivity index is 0. The molecule has 0 aliphatic carbocycles. The third-order valence-corrected chi connectivity index (χ3v) is 10.1. The van der Waals surface area contributed by atoms with Crippen molar-refractivity contribution in [1.29, 1.82) is 0 Å². The maximum atomic E-state index is 2.48. The molecule has 0 rings (SSSR count). The van der Waals surface area contributed by atoms with Crippen molar-refractivity contribution in [2.45, 2.75) is 206 Å². The molecule has 0 saturated heterocycles. The summed E-state index contributed by atoms with van der Waals surface area (Å²) < 4.78 is 0. The van der Waals surface area contributed by atoms with Crippen LogP contribution in [0.5, 0.6) is 0 Å². The van der Waals surface area contributed by atoms with Gasteiger partial charge in [-0.25, -0.2) is 0 Å². The lowest BCUT2D eigenvalue weighted by atomic mass is 10.0. The van der Waals surface area contributed by atoms with Crippen LogP contribution in [0.2, 0.25) is 0 Å². The average Bonchev–Trinajstić information content (AvgIpc) is 2.86. The van der Waals surface area contributed by atoms with E-state index in [0.717, 1.165) is 0 Å². The minimum absolute atomic E-state index is 0. The van der Waals surface area contributed by atoms with Crippen molar-refractivity contribution in [2.24, 2.45) is 0 Å². The Kier molecular flexibility index (Phi) is 36.8. The van der Waals surface area contributed by atoms with Gasteiger partial charge in [-0.05, 0) is 12.8 Å². The third-order valence-electron chi connectivity index (χ3n) is 8.43. The molecule has 0 unspecified atom stereocenters. The lowest BCUT2D eigenvalue weighted by Crippen LogP contribution is -3.00. The zero-order valence-corrected chi connectivity index (χ0v) is 29.9. The van der Waals surface area contributed by atoms with Gasteiger partial charge in [0.25, 0.3) is 0 Å². The minimum Gasteiger partial charge on any atom is -1.00 e. The molecule has 0 amide bonds. The van der Waals surface area contributed by atoms with Crippen molar-refractivity contribution in [1.82, 2.24) is 0 Å². The van der Waals surface area contributed by atoms with Crippen LogP contribution in [-0.2, 0) is 0 Å². The van der Waals surface area contributed by atoms with Crippen molar-refractivity contribution >= 4 is 7.26 Å². The van der Waals surface area contributed by atoms with Crippen LogP contribution in [0.15, 0.2) is 0 Å². The Hall–Kier alpha value is 0.910. The van der Waals surface area contributed by atoms with Crippen LogP contribution < -0.4 is 17.0 Å². The Morgan fingerprint density at radius 3 is 0.579 bits per heavy atom. The maximum Gasteiger partial charge on any atom is 0.0586 e. The highest BCUT2D eigenvalue weighted by Crippen LogP contribution is 2.47. The molecule has 0 bridgehead atoms. The largest absolute Gasteiger partial charge is 1.00 e. The molecule has 232 valence electrons. The first-order chi connectivity index (χ1) is 18.1. The Labute approximate surface area is 255 Å². The van der Waals surface area contributed by atoms with Crippen LogP contribution in [-0.4, -0.2) is 26.2 Å². The molecule has 0 radical (unpaired) electrons. The smallest absolute Gasteiger partial charge is 0.0586 e. The fourth-order valence-corrected chi connectivity index (χ4v) is 6.96. The number of halogens is 1. The SMILES string of the molecule is CCCCCCCCCCCCCCCCCCCCCCCCCCCCCCCCC[P+](C)(C)C.[Br-]. The normalized spacial score (nSPS) is 11.7. The van der Waals surface area contributed by atoms with Crippen molar-refractivity contribution < 1.29 is 17.0 Å². The van der Waals surface area contributed by atoms with Crippen molar-refractivity contribution in [2.75, 3.05) is 26.2 Å². The molecule has 0 saturated carbocycles. The van der Waals surface area contributed by atoms with Crippen LogP contribution in [0.1, 0.15) is 206 Å². The van der Waals surface area contributed by atoms with Gasteiger partial charge in [-0.1, -0.05) is 193 Å². The van der Waals surface area contributed by atoms with E-state index in [4.69, 9.17) is 0 Å². The molecule has 0 atom stereocenters. The summed E-state index contributed by atoms with van der Waals surface area (Å²) in [6.07, 6.45) is 47.6. The summed E-state index contributed by atoms with van der Waals surface area (Å²) in [5, 5.41) is 0. The minimum atomic E-state index is -0.518. The van der Waals surface area contributed by atoms with E-state index in [1.165, 1.54) is 205 Å². The Morgan fingerprint density at radius 1 is 0.263 bits per heavy atom. The number of unbranched alkanes of at least 4 members (excludes halogenated alkanes) is 30. The Morgan fingerprint density at radius 2 is 0.421 bits per heavy atom. The summed E-state index contributed by atoms with van der Waals surface area (Å²) in [5.74, 6) is 0. The van der Waals surface area contributed by atoms with E-state index < -0.39 is 7.26 Å². The molecule has 38 heavy (non-hydrogen) atoms. The van der Waals surface area contributed by atoms with E-state index in [1.807, 2.05) is 0 Å². The lowest BCUT2D eigenvalue weighted by molar-refractivity contribution is -0.00000850. The monoisotopic (exact) mass is 618 g/mol. The maximum absolute atomic E-state index is 2.48. The van der Waals surface area contributed by atoms with Gasteiger partial charge in [-0.15, -0.1) is 0 Å². The molecule has 0 spiro atoms. The summed E-state index contributed by atoms with van der Waals surface area (Å²) in [6, 6.07) is 0. The molecule has 0 heterocycles. The number of rotatable bonds is 32. The van der Waals surface area contributed by atoms with Crippen molar-refractivity contribution in [3.8, 4) is 0 Å². The van der Waals surface area contributed by atoms with Crippen molar-refractivity contribution in [3.05, 3.63) is 0 Å². The molecule has 0 fully saturated rings. The van der Waals surface area contributed by atoms with E-state index in [1.54, 1.807) is 0 Å². The van der Waals surface area contributed by atoms with Gasteiger partial charge in [0, 0.05) is 27.3 Å². The molecular formula is C36H76BrP. The quantitative estimate of drug-likeness (QED) is 0.0519. The number of hydrogen-bond donors (Lipinski definition) is 0. The highest BCUT2D eigenvalue weighted by atomic mass is 79.9. The average molecular weight is 620 g/mol. The summed E-state index contributed by atoms with van der Waals surface area (Å²) in [5.41, 5.74) is 0. The standard InChI is InChI=1S/C36H76P.BrH/c1-5-6-7-8-9-10-11-12-13-14-15-16-17-18-19-20-21-22-23-24-25-26-27-28-29-30-31-32-33-34-35-36-37(2,3)4;/h5-36H2,1-4H3;1H/q+1;/p-1. The van der Waals surface area contributed by atoms with E-state index in [-0.39, 0.29) is 17.0 Å². The van der Waals surface area contributed by atoms with Crippen LogP contribution in [0.3, 0.4) is 0 Å². The van der Waals surface area contributed by atoms with E-state index in [0.29, 0.717) is 0 Å². The van der Waals surface area contributed by atoms with Gasteiger partial charge >= 0.3 is 0 Å². The highest BCUT2D eigenvalue weighted by molar-refractivity contribution is 7.73. The van der Waals surface area contributed by atoms with Crippen LogP contribution in [0.4, 0.5) is 0 Å². The van der Waals surface area contributed by atoms with E-state index in [2.05, 4.69) is 26.9 Å². The molecule has 0 nitrogen and oxygen atoms in total. The fraction of sp³-hybridized carbons (Fsp3) is 1.00. The van der Waals surface area contributed by atoms with Gasteiger partial charge in [0.05, 0.1) is 6.16 Å². The third kappa shape index (κ3) is 39.1. The summed E-state index contributed by atoms with van der Waals surface area (Å²) in [7, 11) is -0.518. The van der Waals surface area contributed by atoms with Crippen molar-refractivity contribution in [3.63, 3.8) is 0 Å². The predicted molar refractivity (Wildman–Crippen MR) is 178 cm³/mol.